The van der Waals surface area contributed by atoms with Crippen LogP contribution in [0.3, 0.4) is 0 Å². The molecule has 1 radical (unpaired) electrons. The first kappa shape index (κ1) is 16.7. The van der Waals surface area contributed by atoms with E-state index in [2.05, 4.69) is 21.4 Å². The molecular weight excluding hydrogens is 352 g/mol. The average Bonchev–Trinajstić information content (AvgIpc) is 3.07. The topological polar surface area (TPSA) is 82.1 Å². The summed E-state index contributed by atoms with van der Waals surface area (Å²) in [5, 5.41) is 5.61. The zero-order valence-electron chi connectivity index (χ0n) is 15.4. The maximum absolute atomic E-state index is 6.18. The maximum Gasteiger partial charge on any atom is 0.164 e. The Morgan fingerprint density at radius 3 is 2.43 bits per heavy atom. The number of rotatable bonds is 4. The van der Waals surface area contributed by atoms with Crippen LogP contribution in [-0.2, 0) is 0 Å². The van der Waals surface area contributed by atoms with Gasteiger partial charge in [-0.25, -0.2) is 14.6 Å². The second-order valence-corrected chi connectivity index (χ2v) is 6.85. The third-order valence-electron chi connectivity index (χ3n) is 4.84. The number of fused-ring (bicyclic) bond motifs is 1. The zero-order valence-corrected chi connectivity index (χ0v) is 15.4. The van der Waals surface area contributed by atoms with Crippen molar-refractivity contribution < 1.29 is 4.74 Å². The zero-order chi connectivity index (χ0) is 19.1. The fraction of sp³-hybridized carbons (Fsp3) is 0.143. The van der Waals surface area contributed by atoms with E-state index in [1.54, 1.807) is 0 Å². The molecule has 2 aromatic heterocycles. The van der Waals surface area contributed by atoms with Gasteiger partial charge in [0.25, 0.3) is 0 Å². The molecule has 4 aromatic rings. The number of hydrogen-bond acceptors (Lipinski definition) is 6. The van der Waals surface area contributed by atoms with Crippen LogP contribution in [0.15, 0.2) is 60.9 Å². The maximum atomic E-state index is 6.18. The second-order valence-electron chi connectivity index (χ2n) is 6.85. The molecule has 2 N–H and O–H groups in total. The Hall–Kier alpha value is -3.45. The van der Waals surface area contributed by atoms with E-state index in [-0.39, 0.29) is 6.04 Å². The third-order valence-corrected chi connectivity index (χ3v) is 4.84. The van der Waals surface area contributed by atoms with Gasteiger partial charge < -0.3 is 10.5 Å². The van der Waals surface area contributed by atoms with Crippen LogP contribution in [0.25, 0.3) is 22.3 Å². The fourth-order valence-electron chi connectivity index (χ4n) is 3.43. The molecule has 28 heavy (non-hydrogen) atoms. The summed E-state index contributed by atoms with van der Waals surface area (Å²) in [5.74, 6) is 1.99. The van der Waals surface area contributed by atoms with Crippen molar-refractivity contribution in [2.24, 2.45) is 0 Å². The lowest BCUT2D eigenvalue weighted by Gasteiger charge is -2.35. The van der Waals surface area contributed by atoms with E-state index >= 15 is 0 Å². The first-order valence-electron chi connectivity index (χ1n) is 9.06. The highest BCUT2D eigenvalue weighted by molar-refractivity contribution is 5.98. The van der Waals surface area contributed by atoms with Gasteiger partial charge in [-0.3, -0.25) is 4.90 Å². The summed E-state index contributed by atoms with van der Waals surface area (Å²) in [5.41, 5.74) is 8.65. The van der Waals surface area contributed by atoms with Gasteiger partial charge in [0, 0.05) is 12.1 Å². The molecule has 5 rings (SSSR count). The first-order chi connectivity index (χ1) is 13.7. The van der Waals surface area contributed by atoms with Crippen LogP contribution in [0.5, 0.6) is 11.5 Å². The molecule has 0 bridgehead atoms. The molecule has 1 aliphatic rings. The van der Waals surface area contributed by atoms with Crippen molar-refractivity contribution in [3.63, 3.8) is 0 Å². The third kappa shape index (κ3) is 2.86. The summed E-state index contributed by atoms with van der Waals surface area (Å²) < 4.78 is 7.80. The molecule has 1 saturated heterocycles. The lowest BCUT2D eigenvalue weighted by atomic mass is 10.1. The van der Waals surface area contributed by atoms with Gasteiger partial charge in [0.05, 0.1) is 18.0 Å². The van der Waals surface area contributed by atoms with Crippen molar-refractivity contribution in [3.05, 3.63) is 67.5 Å². The molecule has 1 fully saturated rings. The van der Waals surface area contributed by atoms with E-state index < -0.39 is 0 Å². The number of likely N-dealkylation sites (N-methyl/N-ethyl adjacent to an activating group) is 1. The van der Waals surface area contributed by atoms with Crippen LogP contribution >= 0.6 is 0 Å². The van der Waals surface area contributed by atoms with Crippen molar-refractivity contribution in [2.45, 2.75) is 6.04 Å². The van der Waals surface area contributed by atoms with Crippen molar-refractivity contribution >= 4 is 16.9 Å². The quantitative estimate of drug-likeness (QED) is 0.591. The van der Waals surface area contributed by atoms with Crippen molar-refractivity contribution in [1.29, 1.82) is 0 Å². The van der Waals surface area contributed by atoms with Gasteiger partial charge in [-0.15, -0.1) is 0 Å². The number of benzene rings is 2. The molecule has 1 atom stereocenters. The fourth-order valence-corrected chi connectivity index (χ4v) is 3.43. The van der Waals surface area contributed by atoms with E-state index in [1.807, 2.05) is 66.3 Å². The van der Waals surface area contributed by atoms with E-state index in [1.165, 1.54) is 6.33 Å². The van der Waals surface area contributed by atoms with Gasteiger partial charge >= 0.3 is 0 Å². The van der Waals surface area contributed by atoms with Gasteiger partial charge in [-0.05, 0) is 43.4 Å². The van der Waals surface area contributed by atoms with Crippen molar-refractivity contribution in [3.8, 4) is 22.8 Å². The minimum absolute atomic E-state index is 0.177. The van der Waals surface area contributed by atoms with Gasteiger partial charge in [0.2, 0.25) is 0 Å². The van der Waals surface area contributed by atoms with Gasteiger partial charge in [-0.2, -0.15) is 5.10 Å². The highest BCUT2D eigenvalue weighted by Gasteiger charge is 2.30. The van der Waals surface area contributed by atoms with E-state index in [4.69, 9.17) is 15.6 Å². The number of anilines is 1. The van der Waals surface area contributed by atoms with Crippen molar-refractivity contribution in [2.75, 3.05) is 19.3 Å². The Labute approximate surface area is 162 Å². The number of aromatic nitrogens is 4. The summed E-state index contributed by atoms with van der Waals surface area (Å²) in [6.07, 6.45) is 1.48. The summed E-state index contributed by atoms with van der Waals surface area (Å²) in [7, 11) is 2.04. The molecule has 7 heteroatoms. The molecule has 0 saturated carbocycles. The predicted molar refractivity (Wildman–Crippen MR) is 108 cm³/mol. The Balaban J connectivity index is 1.52. The average molecular weight is 371 g/mol. The van der Waals surface area contributed by atoms with Crippen LogP contribution < -0.4 is 10.5 Å². The Kier molecular flexibility index (Phi) is 3.95. The van der Waals surface area contributed by atoms with Crippen LogP contribution in [0, 0.1) is 6.54 Å². The smallest absolute Gasteiger partial charge is 0.164 e. The molecule has 1 aliphatic heterocycles. The molecule has 0 amide bonds. The molecule has 2 aromatic carbocycles. The highest BCUT2D eigenvalue weighted by atomic mass is 16.5. The molecule has 139 valence electrons. The summed E-state index contributed by atoms with van der Waals surface area (Å²) in [6, 6.07) is 17.7. The number of ether oxygens (including phenoxy) is 1. The number of nitrogens with zero attached hydrogens (tertiary/aromatic N) is 5. The van der Waals surface area contributed by atoms with E-state index in [9.17, 15) is 0 Å². The second kappa shape index (κ2) is 6.61. The largest absolute Gasteiger partial charge is 0.457 e. The summed E-state index contributed by atoms with van der Waals surface area (Å²) in [6.45, 7) is 3.01. The number of likely N-dealkylation sites (tertiary alicyclic amines) is 1. The Bertz CT molecular complexity index is 1120. The molecule has 3 heterocycles. The monoisotopic (exact) mass is 371 g/mol. The van der Waals surface area contributed by atoms with Crippen LogP contribution in [0.1, 0.15) is 6.04 Å². The first-order valence-corrected chi connectivity index (χ1v) is 9.06. The van der Waals surface area contributed by atoms with Crippen LogP contribution in [-0.4, -0.2) is 38.2 Å². The minimum atomic E-state index is 0.177. The van der Waals surface area contributed by atoms with Gasteiger partial charge in [0.1, 0.15) is 29.3 Å². The number of hydrogen-bond donors (Lipinski definition) is 1. The molecule has 7 nitrogen and oxygen atoms in total. The van der Waals surface area contributed by atoms with Crippen LogP contribution in [0.4, 0.5) is 5.82 Å². The predicted octanol–water partition coefficient (Wildman–Crippen LogP) is 3.52. The SMILES string of the molecule is CN1[CH]C(n2nc(-c3ccc(Oc4ccccc4)cc3)c3c(N)ncnc32)C1. The number of nitrogen functional groups attached to an aromatic ring is 1. The summed E-state index contributed by atoms with van der Waals surface area (Å²) in [4.78, 5) is 10.7. The lowest BCUT2D eigenvalue weighted by Crippen LogP contribution is -2.40. The van der Waals surface area contributed by atoms with Gasteiger partial charge in [0.15, 0.2) is 5.65 Å². The summed E-state index contributed by atoms with van der Waals surface area (Å²) >= 11 is 0. The Morgan fingerprint density at radius 1 is 1.00 bits per heavy atom. The highest BCUT2D eigenvalue weighted by Crippen LogP contribution is 2.35. The van der Waals surface area contributed by atoms with Crippen LogP contribution in [0.2, 0.25) is 0 Å². The molecular formula is C21H19N6O. The number of para-hydroxylation sites is 1. The molecule has 0 aliphatic carbocycles. The van der Waals surface area contributed by atoms with Crippen molar-refractivity contribution in [1.82, 2.24) is 24.6 Å². The van der Waals surface area contributed by atoms with E-state index in [0.29, 0.717) is 5.82 Å². The standard InChI is InChI=1S/C21H19N6O/c1-26-11-15(12-26)27-21-18(20(22)23-13-24-21)19(25-27)14-7-9-17(10-8-14)28-16-5-3-2-4-6-16/h2-11,13,15H,12H2,1H3,(H2,22,23,24). The number of nitrogens with two attached hydrogens (primary N) is 1. The Morgan fingerprint density at radius 2 is 1.71 bits per heavy atom. The molecule has 1 unspecified atom stereocenters. The normalized spacial score (nSPS) is 14.9. The minimum Gasteiger partial charge on any atom is -0.457 e. The van der Waals surface area contributed by atoms with E-state index in [0.717, 1.165) is 40.3 Å². The lowest BCUT2D eigenvalue weighted by molar-refractivity contribution is 0.199. The van der Waals surface area contributed by atoms with Gasteiger partial charge in [-0.1, -0.05) is 18.2 Å². The molecule has 0 spiro atoms.